The average Bonchev–Trinajstić information content (AvgIpc) is 3.06. The van der Waals surface area contributed by atoms with Crippen molar-refractivity contribution < 1.29 is 4.73 Å². The number of benzene rings is 1. The summed E-state index contributed by atoms with van der Waals surface area (Å²) in [5, 5.41) is 15.3. The zero-order valence-corrected chi connectivity index (χ0v) is 15.7. The topological polar surface area (TPSA) is 72.7 Å². The molecule has 26 heavy (non-hydrogen) atoms. The molecule has 3 aromatic heterocycles. The first kappa shape index (κ1) is 17.1. The highest BCUT2D eigenvalue weighted by molar-refractivity contribution is 7.98. The Hall–Kier alpha value is -2.35. The quantitative estimate of drug-likeness (QED) is 0.315. The molecule has 0 atom stereocenters. The van der Waals surface area contributed by atoms with Crippen LogP contribution in [0.25, 0.3) is 21.3 Å². The Morgan fingerprint density at radius 1 is 1.19 bits per heavy atom. The molecule has 8 heteroatoms. The molecule has 130 valence electrons. The normalized spacial score (nSPS) is 11.1. The third-order valence-electron chi connectivity index (χ3n) is 3.80. The number of rotatable bonds is 4. The van der Waals surface area contributed by atoms with Crippen LogP contribution in [0.3, 0.4) is 0 Å². The summed E-state index contributed by atoms with van der Waals surface area (Å²) in [7, 11) is 0. The highest BCUT2D eigenvalue weighted by Gasteiger charge is 2.15. The van der Waals surface area contributed by atoms with E-state index < -0.39 is 0 Å². The molecule has 0 unspecified atom stereocenters. The number of nitrogens with one attached hydrogen (secondary N) is 1. The number of nitrogens with zero attached hydrogens (tertiary/aromatic N) is 2. The smallest absolute Gasteiger partial charge is 0.260 e. The highest BCUT2D eigenvalue weighted by Crippen LogP contribution is 2.35. The fourth-order valence-electron chi connectivity index (χ4n) is 2.61. The molecule has 0 aliphatic rings. The molecule has 4 aromatic rings. The molecule has 0 spiro atoms. The third kappa shape index (κ3) is 3.21. The standard InChI is InChI=1S/C18H12ClN3O2S2/c19-13-6-2-1-5-11(13)12-9-26-18-16(12)17(23)20-14(21-18)10-25-15-7-3-4-8-22(15)24/h1-9H,10H2,(H,20,21,23). The number of pyridine rings is 1. The van der Waals surface area contributed by atoms with Crippen LogP contribution in [0.15, 0.2) is 63.9 Å². The Balaban J connectivity index is 1.69. The number of aromatic amines is 1. The number of thiophene rings is 1. The zero-order valence-electron chi connectivity index (χ0n) is 13.3. The van der Waals surface area contributed by atoms with Gasteiger partial charge in [0.25, 0.3) is 10.6 Å². The van der Waals surface area contributed by atoms with Gasteiger partial charge in [-0.25, -0.2) is 4.98 Å². The second kappa shape index (κ2) is 7.11. The minimum atomic E-state index is -0.204. The van der Waals surface area contributed by atoms with Crippen molar-refractivity contribution >= 4 is 44.9 Å². The molecule has 0 saturated carbocycles. The molecule has 5 nitrogen and oxygen atoms in total. The van der Waals surface area contributed by atoms with E-state index in [1.165, 1.54) is 29.3 Å². The van der Waals surface area contributed by atoms with Gasteiger partial charge in [-0.1, -0.05) is 29.8 Å². The lowest BCUT2D eigenvalue weighted by Crippen LogP contribution is -2.27. The Kier molecular flexibility index (Phi) is 4.67. The minimum absolute atomic E-state index is 0.204. The summed E-state index contributed by atoms with van der Waals surface area (Å²) in [6.07, 6.45) is 1.44. The van der Waals surface area contributed by atoms with Crippen molar-refractivity contribution in [3.05, 3.63) is 80.4 Å². The summed E-state index contributed by atoms with van der Waals surface area (Å²) in [6.45, 7) is 0. The molecule has 4 rings (SSSR count). The summed E-state index contributed by atoms with van der Waals surface area (Å²) >= 11 is 9.00. The highest BCUT2D eigenvalue weighted by atomic mass is 35.5. The van der Waals surface area contributed by atoms with Gasteiger partial charge in [0, 0.05) is 33.7 Å². The van der Waals surface area contributed by atoms with Gasteiger partial charge in [0.1, 0.15) is 10.7 Å². The monoisotopic (exact) mass is 401 g/mol. The third-order valence-corrected chi connectivity index (χ3v) is 6.03. The first-order chi connectivity index (χ1) is 12.6. The molecule has 0 amide bonds. The van der Waals surface area contributed by atoms with Crippen molar-refractivity contribution in [2.45, 2.75) is 10.8 Å². The van der Waals surface area contributed by atoms with Crippen molar-refractivity contribution in [3.8, 4) is 11.1 Å². The van der Waals surface area contributed by atoms with Gasteiger partial charge in [0.2, 0.25) is 0 Å². The lowest BCUT2D eigenvalue weighted by atomic mass is 10.1. The van der Waals surface area contributed by atoms with E-state index in [1.807, 2.05) is 23.6 Å². The van der Waals surface area contributed by atoms with Crippen molar-refractivity contribution in [1.29, 1.82) is 0 Å². The summed E-state index contributed by atoms with van der Waals surface area (Å²) < 4.78 is 0.794. The van der Waals surface area contributed by atoms with Crippen LogP contribution in [0.2, 0.25) is 5.02 Å². The van der Waals surface area contributed by atoms with Gasteiger partial charge in [0.15, 0.2) is 6.20 Å². The van der Waals surface area contributed by atoms with E-state index in [2.05, 4.69) is 9.97 Å². The Labute approximate surface area is 161 Å². The number of hydrogen-bond acceptors (Lipinski definition) is 5. The predicted molar refractivity (Wildman–Crippen MR) is 106 cm³/mol. The van der Waals surface area contributed by atoms with E-state index in [4.69, 9.17) is 11.6 Å². The van der Waals surface area contributed by atoms with Crippen LogP contribution in [-0.2, 0) is 5.75 Å². The molecule has 0 fully saturated rings. The number of aromatic nitrogens is 3. The van der Waals surface area contributed by atoms with E-state index in [1.54, 1.807) is 24.3 Å². The van der Waals surface area contributed by atoms with Gasteiger partial charge in [0.05, 0.1) is 11.1 Å². The van der Waals surface area contributed by atoms with Gasteiger partial charge < -0.3 is 10.2 Å². The summed E-state index contributed by atoms with van der Waals surface area (Å²) in [4.78, 5) is 20.7. The number of thioether (sulfide) groups is 1. The van der Waals surface area contributed by atoms with Crippen LogP contribution in [0.5, 0.6) is 0 Å². The second-order valence-electron chi connectivity index (χ2n) is 5.48. The molecule has 3 heterocycles. The maximum atomic E-state index is 12.6. The van der Waals surface area contributed by atoms with Gasteiger partial charge >= 0.3 is 0 Å². The number of fused-ring (bicyclic) bond motifs is 1. The van der Waals surface area contributed by atoms with Crippen molar-refractivity contribution in [2.75, 3.05) is 0 Å². The van der Waals surface area contributed by atoms with Crippen molar-refractivity contribution in [2.24, 2.45) is 0 Å². The number of H-pyrrole nitrogens is 1. The van der Waals surface area contributed by atoms with E-state index in [9.17, 15) is 10.0 Å². The molecule has 1 N–H and O–H groups in total. The molecule has 0 aliphatic carbocycles. The summed E-state index contributed by atoms with van der Waals surface area (Å²) in [5.41, 5.74) is 1.39. The maximum Gasteiger partial charge on any atom is 0.260 e. The lowest BCUT2D eigenvalue weighted by Gasteiger charge is -2.04. The number of hydrogen-bond donors (Lipinski definition) is 1. The summed E-state index contributed by atoms with van der Waals surface area (Å²) in [6, 6.07) is 12.6. The lowest BCUT2D eigenvalue weighted by molar-refractivity contribution is -0.645. The Morgan fingerprint density at radius 3 is 2.81 bits per heavy atom. The summed E-state index contributed by atoms with van der Waals surface area (Å²) in [5.74, 6) is 0.931. The van der Waals surface area contributed by atoms with Gasteiger partial charge in [-0.3, -0.25) is 4.79 Å². The second-order valence-corrected chi connectivity index (χ2v) is 7.74. The van der Waals surface area contributed by atoms with Crippen LogP contribution in [-0.4, -0.2) is 9.97 Å². The van der Waals surface area contributed by atoms with Crippen molar-refractivity contribution in [1.82, 2.24) is 9.97 Å². The molecular formula is C18H12ClN3O2S2. The molecule has 0 radical (unpaired) electrons. The minimum Gasteiger partial charge on any atom is -0.618 e. The van der Waals surface area contributed by atoms with Gasteiger partial charge in [-0.15, -0.1) is 11.3 Å². The molecule has 0 saturated heterocycles. The van der Waals surface area contributed by atoms with Crippen molar-refractivity contribution in [3.63, 3.8) is 0 Å². The Morgan fingerprint density at radius 2 is 2.00 bits per heavy atom. The maximum absolute atomic E-state index is 12.6. The zero-order chi connectivity index (χ0) is 18.1. The van der Waals surface area contributed by atoms with E-state index >= 15 is 0 Å². The Bertz CT molecular complexity index is 1160. The van der Waals surface area contributed by atoms with E-state index in [-0.39, 0.29) is 5.56 Å². The van der Waals surface area contributed by atoms with Gasteiger partial charge in [-0.05, 0) is 23.9 Å². The van der Waals surface area contributed by atoms with E-state index in [0.29, 0.717) is 31.8 Å². The molecule has 1 aromatic carbocycles. The van der Waals surface area contributed by atoms with Crippen LogP contribution in [0, 0.1) is 5.21 Å². The number of halogens is 1. The largest absolute Gasteiger partial charge is 0.618 e. The fraction of sp³-hybridized carbons (Fsp3) is 0.0556. The molecule has 0 bridgehead atoms. The fourth-order valence-corrected chi connectivity index (χ4v) is 4.59. The van der Waals surface area contributed by atoms with Gasteiger partial charge in [-0.2, -0.15) is 4.73 Å². The van der Waals surface area contributed by atoms with Crippen LogP contribution < -0.4 is 10.3 Å². The van der Waals surface area contributed by atoms with Crippen LogP contribution in [0.4, 0.5) is 0 Å². The van der Waals surface area contributed by atoms with E-state index in [0.717, 1.165) is 15.9 Å². The molecular weight excluding hydrogens is 390 g/mol. The SMILES string of the molecule is O=c1[nH]c(CSc2cccc[n+]2[O-])nc2scc(-c3ccccc3Cl)c12. The predicted octanol–water partition coefficient (Wildman–Crippen LogP) is 4.23. The molecule has 0 aliphatic heterocycles. The van der Waals surface area contributed by atoms with Crippen LogP contribution in [0.1, 0.15) is 5.82 Å². The average molecular weight is 402 g/mol. The first-order valence-electron chi connectivity index (χ1n) is 7.70. The first-order valence-corrected chi connectivity index (χ1v) is 9.94. The van der Waals surface area contributed by atoms with Crippen LogP contribution >= 0.6 is 34.7 Å².